The molecule has 1 aliphatic carbocycles. The normalized spacial score (nSPS) is 21.1. The summed E-state index contributed by atoms with van der Waals surface area (Å²) in [5.41, 5.74) is 0.419. The number of hydrogen-bond donors (Lipinski definition) is 1. The summed E-state index contributed by atoms with van der Waals surface area (Å²) in [7, 11) is -9.60. The number of anilines is 1. The van der Waals surface area contributed by atoms with Crippen LogP contribution in [-0.4, -0.2) is 6.04 Å². The highest BCUT2D eigenvalue weighted by Crippen LogP contribution is 3.02. The van der Waals surface area contributed by atoms with Crippen molar-refractivity contribution in [3.05, 3.63) is 22.7 Å². The van der Waals surface area contributed by atoms with Gasteiger partial charge in [-0.2, -0.15) is 0 Å². The van der Waals surface area contributed by atoms with Crippen molar-refractivity contribution in [2.24, 2.45) is 0 Å². The zero-order chi connectivity index (χ0) is 15.1. The molecule has 116 valence electrons. The van der Waals surface area contributed by atoms with Crippen molar-refractivity contribution in [1.82, 2.24) is 0 Å². The summed E-state index contributed by atoms with van der Waals surface area (Å²) in [5, 5.41) is 3.11. The van der Waals surface area contributed by atoms with Gasteiger partial charge in [-0.1, -0.05) is 38.7 Å². The molecular weight excluding hydrogens is 365 g/mol. The predicted octanol–water partition coefficient (Wildman–Crippen LogP) is 6.85. The number of halogens is 6. The molecule has 2 rings (SSSR count). The van der Waals surface area contributed by atoms with Crippen LogP contribution in [0.5, 0.6) is 0 Å². The van der Waals surface area contributed by atoms with E-state index in [1.54, 1.807) is 0 Å². The van der Waals surface area contributed by atoms with Gasteiger partial charge in [0.1, 0.15) is 4.90 Å². The molecule has 0 heterocycles. The van der Waals surface area contributed by atoms with Gasteiger partial charge in [-0.25, -0.2) is 0 Å². The molecule has 1 aromatic carbocycles. The van der Waals surface area contributed by atoms with Gasteiger partial charge in [-0.15, -0.1) is 0 Å². The molecule has 0 bridgehead atoms. The summed E-state index contributed by atoms with van der Waals surface area (Å²) in [6.45, 7) is 0. The van der Waals surface area contributed by atoms with E-state index in [4.69, 9.17) is 0 Å². The van der Waals surface area contributed by atoms with Crippen LogP contribution in [0.2, 0.25) is 0 Å². The molecule has 0 radical (unpaired) electrons. The Hall–Kier alpha value is -0.500. The van der Waals surface area contributed by atoms with Crippen LogP contribution in [-0.2, 0) is 0 Å². The Balaban J connectivity index is 2.23. The van der Waals surface area contributed by atoms with E-state index in [0.717, 1.165) is 38.2 Å². The van der Waals surface area contributed by atoms with E-state index < -0.39 is 15.1 Å². The van der Waals surface area contributed by atoms with Crippen LogP contribution in [0.25, 0.3) is 0 Å². The molecule has 0 atom stereocenters. The molecule has 1 saturated carbocycles. The second-order valence-corrected chi connectivity index (χ2v) is 8.35. The fourth-order valence-electron chi connectivity index (χ4n) is 2.32. The minimum absolute atomic E-state index is 0.00817. The largest absolute Gasteiger partial charge is 0.381 e. The summed E-state index contributed by atoms with van der Waals surface area (Å²) in [5.74, 6) is 0. The number of rotatable bonds is 3. The van der Waals surface area contributed by atoms with Crippen LogP contribution in [0.4, 0.5) is 25.1 Å². The van der Waals surface area contributed by atoms with Crippen molar-refractivity contribution in [3.8, 4) is 0 Å². The van der Waals surface area contributed by atoms with Crippen LogP contribution in [0.1, 0.15) is 32.1 Å². The predicted molar refractivity (Wildman–Crippen MR) is 76.0 cm³/mol. The summed E-state index contributed by atoms with van der Waals surface area (Å²) in [6.07, 6.45) is 5.17. The number of benzene rings is 1. The topological polar surface area (TPSA) is 12.0 Å². The third-order valence-corrected chi connectivity index (χ3v) is 5.15. The molecule has 1 N–H and O–H groups in total. The van der Waals surface area contributed by atoms with Crippen molar-refractivity contribution < 1.29 is 19.4 Å². The second kappa shape index (κ2) is 4.50. The van der Waals surface area contributed by atoms with Crippen molar-refractivity contribution in [1.29, 1.82) is 0 Å². The van der Waals surface area contributed by atoms with Crippen LogP contribution < -0.4 is 5.32 Å². The first-order valence-electron chi connectivity index (χ1n) is 6.26. The fraction of sp³-hybridized carbons (Fsp3) is 0.500. The van der Waals surface area contributed by atoms with E-state index in [1.165, 1.54) is 0 Å². The molecule has 20 heavy (non-hydrogen) atoms. The fourth-order valence-corrected chi connectivity index (χ4v) is 3.63. The third-order valence-electron chi connectivity index (χ3n) is 3.35. The Morgan fingerprint density at radius 2 is 1.60 bits per heavy atom. The Labute approximate surface area is 122 Å². The summed E-state index contributed by atoms with van der Waals surface area (Å²) in [4.78, 5) is -1.87. The molecule has 0 aromatic heterocycles. The average molecular weight is 380 g/mol. The van der Waals surface area contributed by atoms with Gasteiger partial charge in [0.05, 0.1) is 0 Å². The van der Waals surface area contributed by atoms with Crippen LogP contribution in [0, 0.1) is 0 Å². The maximum atomic E-state index is 12.7. The lowest BCUT2D eigenvalue weighted by Crippen LogP contribution is -2.22. The molecule has 1 nitrogen and oxygen atoms in total. The van der Waals surface area contributed by atoms with Crippen LogP contribution in [0.3, 0.4) is 0 Å². The summed E-state index contributed by atoms with van der Waals surface area (Å²) < 4.78 is 63.4. The Morgan fingerprint density at radius 1 is 1.00 bits per heavy atom. The molecule has 1 aliphatic rings. The average Bonchev–Trinajstić information content (AvgIpc) is 2.30. The first kappa shape index (κ1) is 15.9. The smallest absolute Gasteiger partial charge is 0.310 e. The van der Waals surface area contributed by atoms with E-state index in [0.29, 0.717) is 17.8 Å². The lowest BCUT2D eigenvalue weighted by atomic mass is 9.95. The van der Waals surface area contributed by atoms with Crippen molar-refractivity contribution in [2.75, 3.05) is 5.32 Å². The Bertz CT molecular complexity index is 510. The Morgan fingerprint density at radius 3 is 2.10 bits per heavy atom. The monoisotopic (exact) mass is 379 g/mol. The zero-order valence-corrected chi connectivity index (χ0v) is 12.9. The minimum atomic E-state index is -9.60. The minimum Gasteiger partial charge on any atom is -0.381 e. The van der Waals surface area contributed by atoms with Crippen LogP contribution in [0.15, 0.2) is 27.6 Å². The van der Waals surface area contributed by atoms with Gasteiger partial charge in [0.25, 0.3) is 0 Å². The zero-order valence-electron chi connectivity index (χ0n) is 10.5. The highest BCUT2D eigenvalue weighted by Gasteiger charge is 2.65. The molecule has 0 spiro atoms. The van der Waals surface area contributed by atoms with Gasteiger partial charge < -0.3 is 5.32 Å². The van der Waals surface area contributed by atoms with E-state index >= 15 is 0 Å². The number of hydrogen-bond acceptors (Lipinski definition) is 1. The molecule has 0 aliphatic heterocycles. The molecular formula is C12H15BrF5NS. The number of nitrogens with one attached hydrogen (secondary N) is 1. The highest BCUT2D eigenvalue weighted by atomic mass is 79.9. The second-order valence-electron chi connectivity index (χ2n) is 5.09. The third kappa shape index (κ3) is 4.00. The lowest BCUT2D eigenvalue weighted by Gasteiger charge is -2.40. The van der Waals surface area contributed by atoms with E-state index in [9.17, 15) is 19.4 Å². The lowest BCUT2D eigenvalue weighted by molar-refractivity contribution is 0.364. The molecule has 0 unspecified atom stereocenters. The molecule has 0 amide bonds. The maximum Gasteiger partial charge on any atom is 0.310 e. The first-order chi connectivity index (χ1) is 8.95. The molecule has 1 fully saturated rings. The summed E-state index contributed by atoms with van der Waals surface area (Å²) >= 11 is 2.94. The molecule has 1 aromatic rings. The first-order valence-corrected chi connectivity index (χ1v) is 9.00. The van der Waals surface area contributed by atoms with Crippen molar-refractivity contribution in [3.63, 3.8) is 0 Å². The van der Waals surface area contributed by atoms with Gasteiger partial charge in [-0.05, 0) is 47.0 Å². The van der Waals surface area contributed by atoms with Gasteiger partial charge in [0.2, 0.25) is 0 Å². The van der Waals surface area contributed by atoms with E-state index in [2.05, 4.69) is 21.2 Å². The molecule has 8 heteroatoms. The Kier molecular flexibility index (Phi) is 3.57. The van der Waals surface area contributed by atoms with E-state index in [-0.39, 0.29) is 10.5 Å². The SMILES string of the molecule is FS(F)(F)(F)(F)c1ccc(NC2CCCCC2)c(Br)c1. The standard InChI is InChI=1S/C12H15BrF5NS/c13-11-8-10(20(14,15,16,17)18)6-7-12(11)19-9-4-2-1-3-5-9/h6-9,19H,1-5H2. The van der Waals surface area contributed by atoms with E-state index in [1.807, 2.05) is 0 Å². The van der Waals surface area contributed by atoms with Gasteiger partial charge in [-0.3, -0.25) is 0 Å². The van der Waals surface area contributed by atoms with Gasteiger partial charge >= 0.3 is 10.2 Å². The molecule has 0 saturated heterocycles. The quantitative estimate of drug-likeness (QED) is 0.566. The van der Waals surface area contributed by atoms with Crippen molar-refractivity contribution in [2.45, 2.75) is 43.0 Å². The van der Waals surface area contributed by atoms with Crippen LogP contribution >= 0.6 is 26.2 Å². The van der Waals surface area contributed by atoms with Gasteiger partial charge in [0, 0.05) is 16.2 Å². The highest BCUT2D eigenvalue weighted by molar-refractivity contribution is 9.10. The summed E-state index contributed by atoms with van der Waals surface area (Å²) in [6, 6.07) is 2.14. The van der Waals surface area contributed by atoms with Gasteiger partial charge in [0.15, 0.2) is 0 Å². The maximum absolute atomic E-state index is 12.7. The van der Waals surface area contributed by atoms with Crippen molar-refractivity contribution >= 4 is 31.8 Å².